The molecule has 0 amide bonds. The number of benzene rings is 1. The standard InChI is InChI=1S/C16H21N3O4S/c1-5-19(11-13-9-17-18(3)10-13)24(21,22)15-8-6-7-14(12(15)2)16(20)23-4/h6-10H,5,11H2,1-4H3. The molecule has 0 unspecified atom stereocenters. The van der Waals surface area contributed by atoms with Crippen LogP contribution in [-0.2, 0) is 28.4 Å². The van der Waals surface area contributed by atoms with Gasteiger partial charge in [0.25, 0.3) is 0 Å². The zero-order valence-electron chi connectivity index (χ0n) is 14.2. The number of rotatable bonds is 6. The van der Waals surface area contributed by atoms with Crippen LogP contribution in [0.4, 0.5) is 0 Å². The van der Waals surface area contributed by atoms with E-state index in [9.17, 15) is 13.2 Å². The maximum Gasteiger partial charge on any atom is 0.338 e. The summed E-state index contributed by atoms with van der Waals surface area (Å²) in [6, 6.07) is 4.60. The van der Waals surface area contributed by atoms with Gasteiger partial charge >= 0.3 is 5.97 Å². The van der Waals surface area contributed by atoms with Crippen molar-refractivity contribution in [3.8, 4) is 0 Å². The Morgan fingerprint density at radius 2 is 2.08 bits per heavy atom. The predicted molar refractivity (Wildman–Crippen MR) is 89.0 cm³/mol. The van der Waals surface area contributed by atoms with Crippen LogP contribution in [0.2, 0.25) is 0 Å². The van der Waals surface area contributed by atoms with E-state index in [2.05, 4.69) is 5.10 Å². The van der Waals surface area contributed by atoms with Crippen molar-refractivity contribution >= 4 is 16.0 Å². The van der Waals surface area contributed by atoms with Gasteiger partial charge in [0.05, 0.1) is 23.8 Å². The monoisotopic (exact) mass is 351 g/mol. The lowest BCUT2D eigenvalue weighted by Crippen LogP contribution is -2.31. The normalized spacial score (nSPS) is 11.7. The van der Waals surface area contributed by atoms with Gasteiger partial charge in [-0.25, -0.2) is 13.2 Å². The second-order valence-corrected chi connectivity index (χ2v) is 7.28. The van der Waals surface area contributed by atoms with Crippen LogP contribution in [0.15, 0.2) is 35.5 Å². The van der Waals surface area contributed by atoms with Crippen LogP contribution in [0.3, 0.4) is 0 Å². The first-order chi connectivity index (χ1) is 11.3. The molecule has 8 heteroatoms. The molecule has 2 aromatic rings. The third-order valence-electron chi connectivity index (χ3n) is 3.78. The smallest absolute Gasteiger partial charge is 0.338 e. The molecule has 0 fully saturated rings. The van der Waals surface area contributed by atoms with Gasteiger partial charge in [-0.3, -0.25) is 4.68 Å². The maximum atomic E-state index is 13.0. The average molecular weight is 351 g/mol. The molecule has 0 atom stereocenters. The molecule has 0 radical (unpaired) electrons. The Labute approximate surface area is 141 Å². The van der Waals surface area contributed by atoms with Crippen LogP contribution >= 0.6 is 0 Å². The molecule has 0 aliphatic rings. The molecule has 0 aliphatic carbocycles. The van der Waals surface area contributed by atoms with E-state index in [4.69, 9.17) is 4.74 Å². The SMILES string of the molecule is CCN(Cc1cnn(C)c1)S(=O)(=O)c1cccc(C(=O)OC)c1C. The minimum Gasteiger partial charge on any atom is -0.465 e. The third-order valence-corrected chi connectivity index (χ3v) is 5.84. The van der Waals surface area contributed by atoms with Gasteiger partial charge in [-0.15, -0.1) is 0 Å². The summed E-state index contributed by atoms with van der Waals surface area (Å²) in [5.74, 6) is -0.556. The van der Waals surface area contributed by atoms with Crippen molar-refractivity contribution in [2.45, 2.75) is 25.3 Å². The highest BCUT2D eigenvalue weighted by atomic mass is 32.2. The summed E-state index contributed by atoms with van der Waals surface area (Å²) in [5, 5.41) is 4.06. The third kappa shape index (κ3) is 3.49. The van der Waals surface area contributed by atoms with Crippen LogP contribution in [-0.4, -0.2) is 42.1 Å². The number of esters is 1. The van der Waals surface area contributed by atoms with E-state index in [1.807, 2.05) is 0 Å². The van der Waals surface area contributed by atoms with Gasteiger partial charge in [-0.2, -0.15) is 9.40 Å². The molecular formula is C16H21N3O4S. The molecule has 1 aromatic carbocycles. The predicted octanol–water partition coefficient (Wildman–Crippen LogP) is 1.73. The fourth-order valence-electron chi connectivity index (χ4n) is 2.49. The quantitative estimate of drug-likeness (QED) is 0.740. The highest BCUT2D eigenvalue weighted by molar-refractivity contribution is 7.89. The minimum atomic E-state index is -3.75. The van der Waals surface area contributed by atoms with Gasteiger partial charge < -0.3 is 4.74 Å². The summed E-state index contributed by atoms with van der Waals surface area (Å²) in [5.41, 5.74) is 1.43. The summed E-state index contributed by atoms with van der Waals surface area (Å²) in [6.45, 7) is 3.90. The molecule has 0 saturated carbocycles. The maximum absolute atomic E-state index is 13.0. The molecule has 2 rings (SSSR count). The molecule has 0 N–H and O–H groups in total. The highest BCUT2D eigenvalue weighted by Gasteiger charge is 2.27. The molecule has 7 nitrogen and oxygen atoms in total. The van der Waals surface area contributed by atoms with Crippen molar-refractivity contribution < 1.29 is 17.9 Å². The number of carbonyl (C=O) groups is 1. The number of nitrogens with zero attached hydrogens (tertiary/aromatic N) is 3. The number of hydrogen-bond donors (Lipinski definition) is 0. The average Bonchev–Trinajstić information content (AvgIpc) is 2.96. The van der Waals surface area contributed by atoms with Crippen LogP contribution in [0, 0.1) is 6.92 Å². The second-order valence-electron chi connectivity index (χ2n) is 5.37. The number of aromatic nitrogens is 2. The van der Waals surface area contributed by atoms with Crippen molar-refractivity contribution in [2.75, 3.05) is 13.7 Å². The minimum absolute atomic E-state index is 0.108. The summed E-state index contributed by atoms with van der Waals surface area (Å²) >= 11 is 0. The van der Waals surface area contributed by atoms with E-state index in [0.29, 0.717) is 12.1 Å². The molecule has 0 spiro atoms. The van der Waals surface area contributed by atoms with Crippen molar-refractivity contribution in [3.63, 3.8) is 0 Å². The van der Waals surface area contributed by atoms with Gasteiger partial charge in [0, 0.05) is 31.9 Å². The molecule has 1 aromatic heterocycles. The lowest BCUT2D eigenvalue weighted by Gasteiger charge is -2.21. The lowest BCUT2D eigenvalue weighted by molar-refractivity contribution is 0.0599. The van der Waals surface area contributed by atoms with Gasteiger partial charge in [-0.05, 0) is 24.6 Å². The molecule has 1 heterocycles. The number of ether oxygens (including phenoxy) is 1. The van der Waals surface area contributed by atoms with Gasteiger partial charge in [0.15, 0.2) is 0 Å². The Hall–Kier alpha value is -2.19. The molecular weight excluding hydrogens is 330 g/mol. The van der Waals surface area contributed by atoms with Crippen molar-refractivity contribution in [2.24, 2.45) is 7.05 Å². The Morgan fingerprint density at radius 1 is 1.38 bits per heavy atom. The molecule has 24 heavy (non-hydrogen) atoms. The summed E-state index contributed by atoms with van der Waals surface area (Å²) in [7, 11) is -0.703. The van der Waals surface area contributed by atoms with Crippen LogP contribution in [0.1, 0.15) is 28.4 Å². The Morgan fingerprint density at radius 3 is 2.62 bits per heavy atom. The fraction of sp³-hybridized carbons (Fsp3) is 0.375. The summed E-state index contributed by atoms with van der Waals surface area (Å²) in [4.78, 5) is 11.9. The van der Waals surface area contributed by atoms with Crippen LogP contribution in [0.25, 0.3) is 0 Å². The lowest BCUT2D eigenvalue weighted by atomic mass is 10.1. The van der Waals surface area contributed by atoms with E-state index in [1.165, 1.54) is 17.5 Å². The van der Waals surface area contributed by atoms with Crippen molar-refractivity contribution in [1.29, 1.82) is 0 Å². The van der Waals surface area contributed by atoms with E-state index >= 15 is 0 Å². The van der Waals surface area contributed by atoms with Crippen LogP contribution < -0.4 is 0 Å². The van der Waals surface area contributed by atoms with E-state index < -0.39 is 16.0 Å². The van der Waals surface area contributed by atoms with Crippen molar-refractivity contribution in [1.82, 2.24) is 14.1 Å². The number of sulfonamides is 1. The zero-order valence-corrected chi connectivity index (χ0v) is 15.0. The topological polar surface area (TPSA) is 81.5 Å². The first-order valence-electron chi connectivity index (χ1n) is 7.46. The Bertz CT molecular complexity index is 843. The number of aryl methyl sites for hydroxylation is 1. The van der Waals surface area contributed by atoms with E-state index in [-0.39, 0.29) is 17.0 Å². The van der Waals surface area contributed by atoms with Gasteiger partial charge in [0.1, 0.15) is 0 Å². The largest absolute Gasteiger partial charge is 0.465 e. The first kappa shape index (κ1) is 18.2. The van der Waals surface area contributed by atoms with E-state index in [0.717, 1.165) is 5.56 Å². The number of methoxy groups -OCH3 is 1. The molecule has 130 valence electrons. The number of hydrogen-bond acceptors (Lipinski definition) is 5. The van der Waals surface area contributed by atoms with Gasteiger partial charge in [0.2, 0.25) is 10.0 Å². The van der Waals surface area contributed by atoms with E-state index in [1.54, 1.807) is 50.1 Å². The van der Waals surface area contributed by atoms with Crippen LogP contribution in [0.5, 0.6) is 0 Å². The first-order valence-corrected chi connectivity index (χ1v) is 8.90. The van der Waals surface area contributed by atoms with Crippen molar-refractivity contribution in [3.05, 3.63) is 47.3 Å². The molecule has 0 aliphatic heterocycles. The summed E-state index contributed by atoms with van der Waals surface area (Å²) < 4.78 is 33.7. The molecule has 0 saturated heterocycles. The second kappa shape index (κ2) is 7.14. The van der Waals surface area contributed by atoms with Gasteiger partial charge in [-0.1, -0.05) is 13.0 Å². The molecule has 0 bridgehead atoms. The number of carbonyl (C=O) groups excluding carboxylic acids is 1. The fourth-order valence-corrected chi connectivity index (χ4v) is 4.17. The Kier molecular flexibility index (Phi) is 5.40. The highest BCUT2D eigenvalue weighted by Crippen LogP contribution is 2.24. The summed E-state index contributed by atoms with van der Waals surface area (Å²) in [6.07, 6.45) is 3.41. The zero-order chi connectivity index (χ0) is 17.9. The Balaban J connectivity index is 2.43.